The van der Waals surface area contributed by atoms with Crippen molar-refractivity contribution in [3.05, 3.63) is 46.1 Å². The topological polar surface area (TPSA) is 29.1 Å². The van der Waals surface area contributed by atoms with E-state index < -0.39 is 0 Å². The molecule has 0 unspecified atom stereocenters. The summed E-state index contributed by atoms with van der Waals surface area (Å²) in [6, 6.07) is 7.46. The summed E-state index contributed by atoms with van der Waals surface area (Å²) in [6.07, 6.45) is 5.08. The molecule has 1 heterocycles. The van der Waals surface area contributed by atoms with Crippen LogP contribution in [0.2, 0.25) is 0 Å². The van der Waals surface area contributed by atoms with E-state index in [-0.39, 0.29) is 5.78 Å². The van der Waals surface area contributed by atoms with Gasteiger partial charge >= 0.3 is 0 Å². The maximum Gasteiger partial charge on any atom is 0.187 e. The van der Waals surface area contributed by atoms with Crippen molar-refractivity contribution < 1.29 is 4.79 Å². The van der Waals surface area contributed by atoms with E-state index in [4.69, 9.17) is 0 Å². The summed E-state index contributed by atoms with van der Waals surface area (Å²) in [5.74, 6) is 0.0805. The molecule has 0 amide bonds. The molecular weight excluding hydrogens is 266 g/mol. The number of halogens is 1. The van der Waals surface area contributed by atoms with Crippen molar-refractivity contribution in [1.82, 2.24) is 5.32 Å². The van der Waals surface area contributed by atoms with Gasteiger partial charge in [-0.3, -0.25) is 4.79 Å². The first-order valence-electron chi connectivity index (χ1n) is 5.50. The average Bonchev–Trinajstić information content (AvgIpc) is 2.31. The molecule has 1 aromatic rings. The molecular formula is C13H14BrNO. The summed E-state index contributed by atoms with van der Waals surface area (Å²) in [6.45, 7) is 0.986. The molecule has 2 nitrogen and oxygen atoms in total. The lowest BCUT2D eigenvalue weighted by atomic mass is 10.1. The summed E-state index contributed by atoms with van der Waals surface area (Å²) < 4.78 is 0.993. The number of piperidine rings is 1. The van der Waals surface area contributed by atoms with Crippen molar-refractivity contribution >= 4 is 21.7 Å². The lowest BCUT2D eigenvalue weighted by molar-refractivity contribution is 0.104. The van der Waals surface area contributed by atoms with Crippen molar-refractivity contribution in [2.75, 3.05) is 6.54 Å². The van der Waals surface area contributed by atoms with E-state index in [0.717, 1.165) is 28.7 Å². The predicted molar refractivity (Wildman–Crippen MR) is 68.4 cm³/mol. The van der Waals surface area contributed by atoms with Gasteiger partial charge in [0, 0.05) is 28.4 Å². The molecule has 1 fully saturated rings. The van der Waals surface area contributed by atoms with Crippen LogP contribution in [-0.2, 0) is 0 Å². The molecule has 1 aromatic carbocycles. The van der Waals surface area contributed by atoms with E-state index in [1.807, 2.05) is 24.3 Å². The number of rotatable bonds is 2. The Kier molecular flexibility index (Phi) is 3.78. The molecule has 2 rings (SSSR count). The van der Waals surface area contributed by atoms with Gasteiger partial charge in [0.25, 0.3) is 0 Å². The second kappa shape index (κ2) is 5.30. The van der Waals surface area contributed by atoms with Crippen LogP contribution in [0.25, 0.3) is 0 Å². The van der Waals surface area contributed by atoms with E-state index in [1.54, 1.807) is 6.08 Å². The van der Waals surface area contributed by atoms with Gasteiger partial charge in [0.15, 0.2) is 5.78 Å². The van der Waals surface area contributed by atoms with Crippen LogP contribution in [0.4, 0.5) is 0 Å². The molecule has 0 saturated carbocycles. The first-order valence-corrected chi connectivity index (χ1v) is 6.29. The third-order valence-corrected chi connectivity index (χ3v) is 3.19. The molecule has 0 atom stereocenters. The van der Waals surface area contributed by atoms with Gasteiger partial charge in [0.2, 0.25) is 0 Å². The van der Waals surface area contributed by atoms with E-state index in [0.29, 0.717) is 0 Å². The smallest absolute Gasteiger partial charge is 0.187 e. The largest absolute Gasteiger partial charge is 0.388 e. The Morgan fingerprint density at radius 1 is 1.25 bits per heavy atom. The standard InChI is InChI=1S/C13H14BrNO/c14-11-6-4-10(5-7-11)13(16)9-12-3-1-2-8-15-12/h4-7,9,15H,1-3,8H2/b12-9-. The second-order valence-corrected chi connectivity index (χ2v) is 4.84. The lowest BCUT2D eigenvalue weighted by Crippen LogP contribution is -2.20. The lowest BCUT2D eigenvalue weighted by Gasteiger charge is -2.16. The molecule has 0 radical (unpaired) electrons. The molecule has 1 aliphatic rings. The molecule has 84 valence electrons. The molecule has 1 N–H and O–H groups in total. The second-order valence-electron chi connectivity index (χ2n) is 3.92. The van der Waals surface area contributed by atoms with Gasteiger partial charge in [-0.2, -0.15) is 0 Å². The van der Waals surface area contributed by atoms with Crippen molar-refractivity contribution in [3.8, 4) is 0 Å². The molecule has 0 aromatic heterocycles. The maximum atomic E-state index is 11.9. The summed E-state index contributed by atoms with van der Waals surface area (Å²) >= 11 is 3.35. The van der Waals surface area contributed by atoms with E-state index >= 15 is 0 Å². The predicted octanol–water partition coefficient (Wildman–Crippen LogP) is 3.29. The minimum Gasteiger partial charge on any atom is -0.388 e. The number of allylic oxidation sites excluding steroid dienone is 2. The van der Waals surface area contributed by atoms with Crippen molar-refractivity contribution in [2.24, 2.45) is 0 Å². The molecule has 0 aliphatic carbocycles. The minimum atomic E-state index is 0.0805. The highest BCUT2D eigenvalue weighted by molar-refractivity contribution is 9.10. The van der Waals surface area contributed by atoms with E-state index in [1.165, 1.54) is 12.8 Å². The number of benzene rings is 1. The third kappa shape index (κ3) is 2.95. The molecule has 0 bridgehead atoms. The fraction of sp³-hybridized carbons (Fsp3) is 0.308. The number of hydrogen-bond acceptors (Lipinski definition) is 2. The Morgan fingerprint density at radius 2 is 2.00 bits per heavy atom. The quantitative estimate of drug-likeness (QED) is 0.665. The zero-order valence-electron chi connectivity index (χ0n) is 9.00. The van der Waals surface area contributed by atoms with Gasteiger partial charge in [-0.25, -0.2) is 0 Å². The van der Waals surface area contributed by atoms with Crippen LogP contribution < -0.4 is 5.32 Å². The van der Waals surface area contributed by atoms with Crippen molar-refractivity contribution in [3.63, 3.8) is 0 Å². The Labute approximate surface area is 104 Å². The van der Waals surface area contributed by atoms with Crippen LogP contribution in [0, 0.1) is 0 Å². The fourth-order valence-electron chi connectivity index (χ4n) is 1.76. The van der Waals surface area contributed by atoms with Crippen LogP contribution in [0.3, 0.4) is 0 Å². The number of carbonyl (C=O) groups is 1. The average molecular weight is 280 g/mol. The third-order valence-electron chi connectivity index (χ3n) is 2.66. The van der Waals surface area contributed by atoms with Gasteiger partial charge in [-0.1, -0.05) is 15.9 Å². The van der Waals surface area contributed by atoms with E-state index in [2.05, 4.69) is 21.2 Å². The summed E-state index contributed by atoms with van der Waals surface area (Å²) in [5.41, 5.74) is 1.81. The van der Waals surface area contributed by atoms with Gasteiger partial charge in [-0.15, -0.1) is 0 Å². The summed E-state index contributed by atoms with van der Waals surface area (Å²) in [5, 5.41) is 3.26. The van der Waals surface area contributed by atoms with Crippen LogP contribution in [0.1, 0.15) is 29.6 Å². The molecule has 1 aliphatic heterocycles. The normalized spacial score (nSPS) is 18.2. The van der Waals surface area contributed by atoms with Gasteiger partial charge in [0.1, 0.15) is 0 Å². The zero-order chi connectivity index (χ0) is 11.4. The SMILES string of the molecule is O=C(/C=C1/CCCCN1)c1ccc(Br)cc1. The Hall–Kier alpha value is -1.09. The van der Waals surface area contributed by atoms with Crippen LogP contribution in [-0.4, -0.2) is 12.3 Å². The molecule has 16 heavy (non-hydrogen) atoms. The Bertz CT molecular complexity index is 400. The number of ketones is 1. The number of nitrogens with one attached hydrogen (secondary N) is 1. The highest BCUT2D eigenvalue weighted by Crippen LogP contribution is 2.14. The van der Waals surface area contributed by atoms with Crippen LogP contribution in [0.15, 0.2) is 40.5 Å². The van der Waals surface area contributed by atoms with Crippen LogP contribution in [0.5, 0.6) is 0 Å². The van der Waals surface area contributed by atoms with Gasteiger partial charge < -0.3 is 5.32 Å². The minimum absolute atomic E-state index is 0.0805. The Morgan fingerprint density at radius 3 is 2.62 bits per heavy atom. The van der Waals surface area contributed by atoms with Crippen LogP contribution >= 0.6 is 15.9 Å². The van der Waals surface area contributed by atoms with Gasteiger partial charge in [-0.05, 0) is 43.5 Å². The van der Waals surface area contributed by atoms with Gasteiger partial charge in [0.05, 0.1) is 0 Å². The first-order chi connectivity index (χ1) is 7.75. The highest BCUT2D eigenvalue weighted by Gasteiger charge is 2.07. The highest BCUT2D eigenvalue weighted by atomic mass is 79.9. The summed E-state index contributed by atoms with van der Waals surface area (Å²) in [4.78, 5) is 11.9. The first kappa shape index (κ1) is 11.4. The molecule has 3 heteroatoms. The monoisotopic (exact) mass is 279 g/mol. The fourth-order valence-corrected chi connectivity index (χ4v) is 2.02. The van der Waals surface area contributed by atoms with Crippen molar-refractivity contribution in [2.45, 2.75) is 19.3 Å². The summed E-state index contributed by atoms with van der Waals surface area (Å²) in [7, 11) is 0. The zero-order valence-corrected chi connectivity index (χ0v) is 10.6. The number of carbonyl (C=O) groups excluding carboxylic acids is 1. The number of hydrogen-bond donors (Lipinski definition) is 1. The molecule has 1 saturated heterocycles. The Balaban J connectivity index is 2.09. The molecule has 0 spiro atoms. The maximum absolute atomic E-state index is 11.9. The van der Waals surface area contributed by atoms with E-state index in [9.17, 15) is 4.79 Å². The van der Waals surface area contributed by atoms with Crippen molar-refractivity contribution in [1.29, 1.82) is 0 Å².